The molecule has 94 valence electrons. The molecule has 0 bridgehead atoms. The summed E-state index contributed by atoms with van der Waals surface area (Å²) in [4.78, 5) is 14.6. The van der Waals surface area contributed by atoms with Crippen molar-refractivity contribution in [3.63, 3.8) is 0 Å². The molecule has 5 heteroatoms. The molecule has 1 aromatic rings. The molecule has 0 saturated heterocycles. The van der Waals surface area contributed by atoms with Gasteiger partial charge < -0.3 is 14.6 Å². The van der Waals surface area contributed by atoms with Gasteiger partial charge in [-0.1, -0.05) is 0 Å². The van der Waals surface area contributed by atoms with Crippen molar-refractivity contribution in [1.82, 2.24) is 4.98 Å². The molecular weight excluding hydrogens is 222 g/mol. The normalized spacial score (nSPS) is 11.2. The first kappa shape index (κ1) is 13.4. The van der Waals surface area contributed by atoms with Gasteiger partial charge in [0, 0.05) is 12.3 Å². The molecule has 0 saturated carbocycles. The standard InChI is InChI=1S/C12H17NO4/c1-12(2,3)17-7-6-16-10-8-9(11(14)15)4-5-13-10/h4-5,8H,6-7H2,1-3H3,(H,14,15). The van der Waals surface area contributed by atoms with Crippen molar-refractivity contribution in [3.05, 3.63) is 23.9 Å². The van der Waals surface area contributed by atoms with Gasteiger partial charge in [0.15, 0.2) is 0 Å². The average molecular weight is 239 g/mol. The van der Waals surface area contributed by atoms with E-state index in [0.717, 1.165) is 0 Å². The van der Waals surface area contributed by atoms with Crippen molar-refractivity contribution in [2.75, 3.05) is 13.2 Å². The number of pyridine rings is 1. The zero-order valence-corrected chi connectivity index (χ0v) is 10.3. The average Bonchev–Trinajstić information content (AvgIpc) is 2.23. The fraction of sp³-hybridized carbons (Fsp3) is 0.500. The molecule has 0 aliphatic heterocycles. The summed E-state index contributed by atoms with van der Waals surface area (Å²) in [5.41, 5.74) is -0.0496. The van der Waals surface area contributed by atoms with E-state index >= 15 is 0 Å². The van der Waals surface area contributed by atoms with Crippen LogP contribution >= 0.6 is 0 Å². The molecule has 0 amide bonds. The fourth-order valence-corrected chi connectivity index (χ4v) is 1.12. The van der Waals surface area contributed by atoms with Crippen LogP contribution in [0.15, 0.2) is 18.3 Å². The minimum absolute atomic E-state index is 0.159. The summed E-state index contributed by atoms with van der Waals surface area (Å²) in [5.74, 6) is -0.703. The Morgan fingerprint density at radius 2 is 2.12 bits per heavy atom. The summed E-state index contributed by atoms with van der Waals surface area (Å²) < 4.78 is 10.8. The highest BCUT2D eigenvalue weighted by atomic mass is 16.5. The monoisotopic (exact) mass is 239 g/mol. The van der Waals surface area contributed by atoms with Gasteiger partial charge in [0.25, 0.3) is 0 Å². The van der Waals surface area contributed by atoms with Crippen molar-refractivity contribution >= 4 is 5.97 Å². The molecule has 5 nitrogen and oxygen atoms in total. The molecule has 0 atom stereocenters. The molecule has 0 aliphatic carbocycles. The van der Waals surface area contributed by atoms with Gasteiger partial charge in [-0.25, -0.2) is 9.78 Å². The van der Waals surface area contributed by atoms with E-state index in [4.69, 9.17) is 14.6 Å². The summed E-state index contributed by atoms with van der Waals surface area (Å²) in [6, 6.07) is 2.81. The lowest BCUT2D eigenvalue weighted by Gasteiger charge is -2.19. The van der Waals surface area contributed by atoms with Crippen LogP contribution in [0, 0.1) is 0 Å². The van der Waals surface area contributed by atoms with E-state index < -0.39 is 5.97 Å². The first-order valence-corrected chi connectivity index (χ1v) is 5.34. The topological polar surface area (TPSA) is 68.7 Å². The first-order chi connectivity index (χ1) is 7.88. The number of hydrogen-bond donors (Lipinski definition) is 1. The van der Waals surface area contributed by atoms with E-state index in [0.29, 0.717) is 19.1 Å². The molecule has 0 fully saturated rings. The van der Waals surface area contributed by atoms with Gasteiger partial charge >= 0.3 is 5.97 Å². The Kier molecular flexibility index (Phi) is 4.45. The lowest BCUT2D eigenvalue weighted by atomic mass is 10.2. The van der Waals surface area contributed by atoms with Crippen LogP contribution < -0.4 is 4.74 Å². The number of carbonyl (C=O) groups is 1. The zero-order valence-electron chi connectivity index (χ0n) is 10.3. The molecule has 1 aromatic heterocycles. The SMILES string of the molecule is CC(C)(C)OCCOc1cc(C(=O)O)ccn1. The maximum Gasteiger partial charge on any atom is 0.335 e. The smallest absolute Gasteiger partial charge is 0.335 e. The number of carboxylic acids is 1. The number of aromatic carboxylic acids is 1. The maximum absolute atomic E-state index is 10.7. The highest BCUT2D eigenvalue weighted by Crippen LogP contribution is 2.10. The second-order valence-electron chi connectivity index (χ2n) is 4.50. The van der Waals surface area contributed by atoms with E-state index in [2.05, 4.69) is 4.98 Å². The van der Waals surface area contributed by atoms with Crippen LogP contribution in [0.25, 0.3) is 0 Å². The third-order valence-electron chi connectivity index (χ3n) is 1.85. The lowest BCUT2D eigenvalue weighted by molar-refractivity contribution is -0.0168. The molecule has 0 radical (unpaired) electrons. The van der Waals surface area contributed by atoms with Crippen LogP contribution in [0.4, 0.5) is 0 Å². The molecular formula is C12H17NO4. The molecule has 17 heavy (non-hydrogen) atoms. The van der Waals surface area contributed by atoms with E-state index in [1.165, 1.54) is 18.3 Å². The Labute approximate surface area is 100 Å². The van der Waals surface area contributed by atoms with Crippen molar-refractivity contribution in [2.45, 2.75) is 26.4 Å². The van der Waals surface area contributed by atoms with Gasteiger partial charge in [-0.2, -0.15) is 0 Å². The van der Waals surface area contributed by atoms with Crippen molar-refractivity contribution in [2.24, 2.45) is 0 Å². The zero-order chi connectivity index (χ0) is 12.9. The summed E-state index contributed by atoms with van der Waals surface area (Å²) >= 11 is 0. The van der Waals surface area contributed by atoms with Crippen molar-refractivity contribution in [1.29, 1.82) is 0 Å². The molecule has 0 unspecified atom stereocenters. The largest absolute Gasteiger partial charge is 0.478 e. The van der Waals surface area contributed by atoms with Crippen LogP contribution in [0.1, 0.15) is 31.1 Å². The highest BCUT2D eigenvalue weighted by molar-refractivity contribution is 5.87. The minimum atomic E-state index is -0.997. The molecule has 0 aliphatic rings. The van der Waals surface area contributed by atoms with Gasteiger partial charge in [-0.15, -0.1) is 0 Å². The third-order valence-corrected chi connectivity index (χ3v) is 1.85. The van der Waals surface area contributed by atoms with Crippen LogP contribution in [0.2, 0.25) is 0 Å². The molecule has 0 aromatic carbocycles. The fourth-order valence-electron chi connectivity index (χ4n) is 1.12. The van der Waals surface area contributed by atoms with Crippen LogP contribution in [0.5, 0.6) is 5.88 Å². The van der Waals surface area contributed by atoms with Crippen LogP contribution in [-0.2, 0) is 4.74 Å². The van der Waals surface area contributed by atoms with E-state index in [1.807, 2.05) is 20.8 Å². The van der Waals surface area contributed by atoms with Crippen molar-refractivity contribution < 1.29 is 19.4 Å². The molecule has 1 heterocycles. The Hall–Kier alpha value is -1.62. The quantitative estimate of drug-likeness (QED) is 0.795. The van der Waals surface area contributed by atoms with Gasteiger partial charge in [0.05, 0.1) is 17.8 Å². The van der Waals surface area contributed by atoms with E-state index in [9.17, 15) is 4.79 Å². The lowest BCUT2D eigenvalue weighted by Crippen LogP contribution is -2.22. The number of ether oxygens (including phenoxy) is 2. The second-order valence-corrected chi connectivity index (χ2v) is 4.50. The van der Waals surface area contributed by atoms with Gasteiger partial charge in [0.1, 0.15) is 6.61 Å². The predicted molar refractivity (Wildman–Crippen MR) is 62.4 cm³/mol. The predicted octanol–water partition coefficient (Wildman–Crippen LogP) is 1.97. The minimum Gasteiger partial charge on any atom is -0.478 e. The summed E-state index contributed by atoms with van der Waals surface area (Å²) in [5, 5.41) is 8.78. The summed E-state index contributed by atoms with van der Waals surface area (Å²) in [7, 11) is 0. The first-order valence-electron chi connectivity index (χ1n) is 5.34. The summed E-state index contributed by atoms with van der Waals surface area (Å²) in [6.07, 6.45) is 1.41. The van der Waals surface area contributed by atoms with Crippen molar-refractivity contribution in [3.8, 4) is 5.88 Å². The third kappa shape index (κ3) is 5.31. The molecule has 1 N–H and O–H groups in total. The highest BCUT2D eigenvalue weighted by Gasteiger charge is 2.10. The van der Waals surface area contributed by atoms with E-state index in [-0.39, 0.29) is 11.2 Å². The number of rotatable bonds is 5. The Morgan fingerprint density at radius 1 is 1.41 bits per heavy atom. The van der Waals surface area contributed by atoms with Gasteiger partial charge in [0.2, 0.25) is 5.88 Å². The van der Waals surface area contributed by atoms with Gasteiger partial charge in [-0.3, -0.25) is 0 Å². The van der Waals surface area contributed by atoms with Gasteiger partial charge in [-0.05, 0) is 26.8 Å². The van der Waals surface area contributed by atoms with E-state index in [1.54, 1.807) is 0 Å². The van der Waals surface area contributed by atoms with Crippen LogP contribution in [-0.4, -0.2) is 34.9 Å². The number of carboxylic acid groups (broad SMARTS) is 1. The Morgan fingerprint density at radius 3 is 2.71 bits per heavy atom. The second kappa shape index (κ2) is 5.63. The number of nitrogens with zero attached hydrogens (tertiary/aromatic N) is 1. The van der Waals surface area contributed by atoms with Crippen LogP contribution in [0.3, 0.4) is 0 Å². The Balaban J connectivity index is 2.42. The molecule has 1 rings (SSSR count). The molecule has 0 spiro atoms. The Bertz CT molecular complexity index is 384. The maximum atomic E-state index is 10.7. The summed E-state index contributed by atoms with van der Waals surface area (Å²) in [6.45, 7) is 6.64. The number of aromatic nitrogens is 1. The number of hydrogen-bond acceptors (Lipinski definition) is 4.